The van der Waals surface area contributed by atoms with Gasteiger partial charge in [-0.05, 0) is 37.3 Å². The van der Waals surface area contributed by atoms with E-state index in [-0.39, 0.29) is 5.78 Å². The van der Waals surface area contributed by atoms with Crippen molar-refractivity contribution in [3.05, 3.63) is 29.3 Å². The molecule has 0 aliphatic heterocycles. The molecule has 1 nitrogen and oxygen atoms in total. The Balaban J connectivity index is 3.18. The zero-order valence-corrected chi connectivity index (χ0v) is 9.07. The minimum Gasteiger partial charge on any atom is -0.294 e. The largest absolute Gasteiger partial charge is 0.294 e. The van der Waals surface area contributed by atoms with Gasteiger partial charge in [-0.25, -0.2) is 0 Å². The molecule has 70 valence electrons. The van der Waals surface area contributed by atoms with E-state index in [1.54, 1.807) is 18.7 Å². The van der Waals surface area contributed by atoms with Crippen LogP contribution in [0.1, 0.15) is 29.8 Å². The van der Waals surface area contributed by atoms with Crippen LogP contribution in [-0.2, 0) is 6.42 Å². The molecule has 0 fully saturated rings. The van der Waals surface area contributed by atoms with Gasteiger partial charge in [-0.3, -0.25) is 4.79 Å². The minimum absolute atomic E-state index is 0.152. The Bertz CT molecular complexity index is 318. The van der Waals surface area contributed by atoms with Crippen molar-refractivity contribution < 1.29 is 4.79 Å². The first kappa shape index (κ1) is 10.3. The van der Waals surface area contributed by atoms with Gasteiger partial charge < -0.3 is 0 Å². The molecule has 1 aromatic rings. The second kappa shape index (κ2) is 4.47. The molecule has 0 aliphatic carbocycles. The first-order valence-corrected chi connectivity index (χ1v) is 5.59. The van der Waals surface area contributed by atoms with Gasteiger partial charge in [0, 0.05) is 10.5 Å². The average Bonchev–Trinajstić information content (AvgIpc) is 2.16. The van der Waals surface area contributed by atoms with Crippen LogP contribution in [0.4, 0.5) is 0 Å². The van der Waals surface area contributed by atoms with Crippen molar-refractivity contribution >= 4 is 17.5 Å². The number of hydrogen-bond acceptors (Lipinski definition) is 2. The zero-order valence-electron chi connectivity index (χ0n) is 8.26. The highest BCUT2D eigenvalue weighted by Crippen LogP contribution is 2.22. The first-order chi connectivity index (χ1) is 6.19. The number of hydrogen-bond donors (Lipinski definition) is 0. The lowest BCUT2D eigenvalue weighted by molar-refractivity contribution is 0.101. The SMILES string of the molecule is CCc1ccc(SC)c(C(C)=O)c1. The normalized spacial score (nSPS) is 10.1. The molecule has 0 N–H and O–H groups in total. The lowest BCUT2D eigenvalue weighted by Crippen LogP contribution is -1.96. The highest BCUT2D eigenvalue weighted by Gasteiger charge is 2.06. The van der Waals surface area contributed by atoms with Crippen molar-refractivity contribution in [3.63, 3.8) is 0 Å². The summed E-state index contributed by atoms with van der Waals surface area (Å²) >= 11 is 1.62. The average molecular weight is 194 g/mol. The molecule has 0 heterocycles. The van der Waals surface area contributed by atoms with E-state index in [0.29, 0.717) is 0 Å². The van der Waals surface area contributed by atoms with Crippen LogP contribution in [0.15, 0.2) is 23.1 Å². The number of benzene rings is 1. The Labute approximate surface area is 83.5 Å². The molecule has 1 rings (SSSR count). The molecular weight excluding hydrogens is 180 g/mol. The summed E-state index contributed by atoms with van der Waals surface area (Å²) in [5, 5.41) is 0. The molecule has 1 aromatic carbocycles. The Morgan fingerprint density at radius 3 is 2.62 bits per heavy atom. The van der Waals surface area contributed by atoms with E-state index in [1.807, 2.05) is 18.4 Å². The molecule has 13 heavy (non-hydrogen) atoms. The first-order valence-electron chi connectivity index (χ1n) is 4.37. The van der Waals surface area contributed by atoms with Crippen LogP contribution in [0.25, 0.3) is 0 Å². The number of Topliss-reactive ketones (excluding diaryl/α,β-unsaturated/α-hetero) is 1. The van der Waals surface area contributed by atoms with Gasteiger partial charge in [0.2, 0.25) is 0 Å². The van der Waals surface area contributed by atoms with Crippen LogP contribution < -0.4 is 0 Å². The molecular formula is C11H14OS. The number of thioether (sulfide) groups is 1. The fourth-order valence-corrected chi connectivity index (χ4v) is 1.88. The third kappa shape index (κ3) is 2.34. The fourth-order valence-electron chi connectivity index (χ4n) is 1.25. The van der Waals surface area contributed by atoms with Crippen LogP contribution in [-0.4, -0.2) is 12.0 Å². The Morgan fingerprint density at radius 1 is 1.46 bits per heavy atom. The van der Waals surface area contributed by atoms with Gasteiger partial charge >= 0.3 is 0 Å². The molecule has 0 radical (unpaired) electrons. The van der Waals surface area contributed by atoms with E-state index in [0.717, 1.165) is 16.9 Å². The molecule has 0 aliphatic rings. The molecule has 0 aromatic heterocycles. The predicted octanol–water partition coefficient (Wildman–Crippen LogP) is 3.17. The lowest BCUT2D eigenvalue weighted by Gasteiger charge is -2.05. The van der Waals surface area contributed by atoms with Crippen molar-refractivity contribution in [2.24, 2.45) is 0 Å². The molecule has 0 spiro atoms. The van der Waals surface area contributed by atoms with E-state index in [1.165, 1.54) is 5.56 Å². The quantitative estimate of drug-likeness (QED) is 0.543. The summed E-state index contributed by atoms with van der Waals surface area (Å²) in [5.74, 6) is 0.152. The van der Waals surface area contributed by atoms with Crippen LogP contribution in [0.2, 0.25) is 0 Å². The van der Waals surface area contributed by atoms with Crippen molar-refractivity contribution in [2.75, 3.05) is 6.26 Å². The van der Waals surface area contributed by atoms with Gasteiger partial charge in [0.05, 0.1) is 0 Å². The zero-order chi connectivity index (χ0) is 9.84. The van der Waals surface area contributed by atoms with Crippen LogP contribution in [0.3, 0.4) is 0 Å². The third-order valence-electron chi connectivity index (χ3n) is 2.05. The Hall–Kier alpha value is -0.760. The van der Waals surface area contributed by atoms with Gasteiger partial charge in [0.1, 0.15) is 0 Å². The third-order valence-corrected chi connectivity index (χ3v) is 2.85. The topological polar surface area (TPSA) is 17.1 Å². The van der Waals surface area contributed by atoms with Crippen LogP contribution in [0.5, 0.6) is 0 Å². The molecule has 0 unspecified atom stereocenters. The number of carbonyl (C=O) groups is 1. The Morgan fingerprint density at radius 2 is 2.15 bits per heavy atom. The standard InChI is InChI=1S/C11H14OS/c1-4-9-5-6-11(13-3)10(7-9)8(2)12/h5-7H,4H2,1-3H3. The van der Waals surface area contributed by atoms with Gasteiger partial charge in [-0.15, -0.1) is 11.8 Å². The smallest absolute Gasteiger partial charge is 0.160 e. The number of ketones is 1. The van der Waals surface area contributed by atoms with Crippen molar-refractivity contribution in [3.8, 4) is 0 Å². The second-order valence-electron chi connectivity index (χ2n) is 2.94. The second-order valence-corrected chi connectivity index (χ2v) is 3.79. The van der Waals surface area contributed by atoms with E-state index in [2.05, 4.69) is 13.0 Å². The highest BCUT2D eigenvalue weighted by molar-refractivity contribution is 7.98. The number of aryl methyl sites for hydroxylation is 1. The monoisotopic (exact) mass is 194 g/mol. The molecule has 0 amide bonds. The van der Waals surface area contributed by atoms with E-state index < -0.39 is 0 Å². The van der Waals surface area contributed by atoms with E-state index >= 15 is 0 Å². The van der Waals surface area contributed by atoms with Crippen LogP contribution >= 0.6 is 11.8 Å². The number of rotatable bonds is 3. The van der Waals surface area contributed by atoms with Crippen LogP contribution in [0, 0.1) is 0 Å². The van der Waals surface area contributed by atoms with Gasteiger partial charge in [0.25, 0.3) is 0 Å². The maximum Gasteiger partial charge on any atom is 0.160 e. The number of carbonyl (C=O) groups excluding carboxylic acids is 1. The molecule has 0 atom stereocenters. The van der Waals surface area contributed by atoms with E-state index in [9.17, 15) is 4.79 Å². The van der Waals surface area contributed by atoms with Crippen molar-refractivity contribution in [1.82, 2.24) is 0 Å². The van der Waals surface area contributed by atoms with E-state index in [4.69, 9.17) is 0 Å². The van der Waals surface area contributed by atoms with Gasteiger partial charge in [-0.1, -0.05) is 13.0 Å². The van der Waals surface area contributed by atoms with Crippen molar-refractivity contribution in [2.45, 2.75) is 25.2 Å². The van der Waals surface area contributed by atoms with Gasteiger partial charge in [-0.2, -0.15) is 0 Å². The fraction of sp³-hybridized carbons (Fsp3) is 0.364. The summed E-state index contributed by atoms with van der Waals surface area (Å²) in [5.41, 5.74) is 2.08. The maximum atomic E-state index is 11.3. The predicted molar refractivity (Wildman–Crippen MR) is 57.6 cm³/mol. The molecule has 2 heteroatoms. The molecule has 0 bridgehead atoms. The molecule has 0 saturated heterocycles. The lowest BCUT2D eigenvalue weighted by atomic mass is 10.1. The summed E-state index contributed by atoms with van der Waals surface area (Å²) in [6, 6.07) is 6.10. The minimum atomic E-state index is 0.152. The van der Waals surface area contributed by atoms with Crippen molar-refractivity contribution in [1.29, 1.82) is 0 Å². The Kier molecular flexibility index (Phi) is 3.55. The highest BCUT2D eigenvalue weighted by atomic mass is 32.2. The molecule has 0 saturated carbocycles. The summed E-state index contributed by atoms with van der Waals surface area (Å²) in [6.07, 6.45) is 2.97. The summed E-state index contributed by atoms with van der Waals surface area (Å²) in [4.78, 5) is 12.4. The summed E-state index contributed by atoms with van der Waals surface area (Å²) in [6.45, 7) is 3.71. The van der Waals surface area contributed by atoms with Gasteiger partial charge in [0.15, 0.2) is 5.78 Å². The summed E-state index contributed by atoms with van der Waals surface area (Å²) < 4.78 is 0. The maximum absolute atomic E-state index is 11.3. The summed E-state index contributed by atoms with van der Waals surface area (Å²) in [7, 11) is 0.